The molecule has 1 saturated heterocycles. The fourth-order valence-corrected chi connectivity index (χ4v) is 3.16. The number of piperidine rings is 1. The van der Waals surface area contributed by atoms with Gasteiger partial charge < -0.3 is 9.84 Å². The second-order valence-electron chi connectivity index (χ2n) is 5.53. The minimum absolute atomic E-state index is 0.505. The van der Waals surface area contributed by atoms with Crippen LogP contribution in [0.1, 0.15) is 62.6 Å². The third-order valence-electron chi connectivity index (χ3n) is 4.34. The second kappa shape index (κ2) is 4.77. The van der Waals surface area contributed by atoms with Crippen LogP contribution in [0.4, 0.5) is 0 Å². The number of nitrogens with zero attached hydrogens (tertiary/aromatic N) is 2. The van der Waals surface area contributed by atoms with E-state index in [1.165, 1.54) is 19.3 Å². The standard InChI is InChI=1S/C13H21N3O/c1-9-3-2-4-11(9)13-15-12(16-17-13)10-5-7-14-8-6-10/h9-11,14H,2-8H2,1H3. The van der Waals surface area contributed by atoms with Crippen molar-refractivity contribution in [1.82, 2.24) is 15.5 Å². The average molecular weight is 235 g/mol. The van der Waals surface area contributed by atoms with E-state index in [0.29, 0.717) is 17.8 Å². The van der Waals surface area contributed by atoms with Crippen LogP contribution in [0.3, 0.4) is 0 Å². The maximum Gasteiger partial charge on any atom is 0.230 e. The third kappa shape index (κ3) is 2.23. The van der Waals surface area contributed by atoms with Crippen LogP contribution in [0.2, 0.25) is 0 Å². The molecule has 0 bridgehead atoms. The zero-order chi connectivity index (χ0) is 11.7. The Labute approximate surface area is 102 Å². The predicted octanol–water partition coefficient (Wildman–Crippen LogP) is 2.44. The maximum atomic E-state index is 5.49. The lowest BCUT2D eigenvalue weighted by molar-refractivity contribution is 0.324. The molecule has 3 rings (SSSR count). The van der Waals surface area contributed by atoms with Crippen molar-refractivity contribution in [2.75, 3.05) is 13.1 Å². The van der Waals surface area contributed by atoms with Gasteiger partial charge in [-0.1, -0.05) is 18.5 Å². The van der Waals surface area contributed by atoms with E-state index in [-0.39, 0.29) is 0 Å². The van der Waals surface area contributed by atoms with E-state index < -0.39 is 0 Å². The number of nitrogens with one attached hydrogen (secondary N) is 1. The van der Waals surface area contributed by atoms with Crippen molar-refractivity contribution in [2.45, 2.75) is 50.9 Å². The van der Waals surface area contributed by atoms with Crippen molar-refractivity contribution < 1.29 is 4.52 Å². The highest BCUT2D eigenvalue weighted by atomic mass is 16.5. The summed E-state index contributed by atoms with van der Waals surface area (Å²) >= 11 is 0. The lowest BCUT2D eigenvalue weighted by Crippen LogP contribution is -2.27. The van der Waals surface area contributed by atoms with Crippen LogP contribution in [0.5, 0.6) is 0 Å². The summed E-state index contributed by atoms with van der Waals surface area (Å²) in [6.07, 6.45) is 6.10. The third-order valence-corrected chi connectivity index (χ3v) is 4.34. The highest BCUT2D eigenvalue weighted by Crippen LogP contribution is 2.38. The highest BCUT2D eigenvalue weighted by Gasteiger charge is 2.30. The molecule has 2 fully saturated rings. The van der Waals surface area contributed by atoms with Crippen molar-refractivity contribution in [3.05, 3.63) is 11.7 Å². The van der Waals surface area contributed by atoms with Gasteiger partial charge in [-0.15, -0.1) is 0 Å². The average Bonchev–Trinajstić information content (AvgIpc) is 2.98. The molecule has 94 valence electrons. The minimum atomic E-state index is 0.505. The van der Waals surface area contributed by atoms with E-state index >= 15 is 0 Å². The summed E-state index contributed by atoms with van der Waals surface area (Å²) in [6, 6.07) is 0. The fraction of sp³-hybridized carbons (Fsp3) is 0.846. The molecule has 0 radical (unpaired) electrons. The summed E-state index contributed by atoms with van der Waals surface area (Å²) in [5, 5.41) is 7.57. The van der Waals surface area contributed by atoms with Gasteiger partial charge in [0.25, 0.3) is 0 Å². The van der Waals surface area contributed by atoms with Gasteiger partial charge in [0.2, 0.25) is 5.89 Å². The monoisotopic (exact) mass is 235 g/mol. The van der Waals surface area contributed by atoms with Crippen molar-refractivity contribution in [3.8, 4) is 0 Å². The van der Waals surface area contributed by atoms with E-state index in [1.807, 2.05) is 0 Å². The molecule has 4 nitrogen and oxygen atoms in total. The van der Waals surface area contributed by atoms with Crippen molar-refractivity contribution >= 4 is 0 Å². The summed E-state index contributed by atoms with van der Waals surface area (Å²) in [4.78, 5) is 4.66. The van der Waals surface area contributed by atoms with E-state index in [2.05, 4.69) is 22.4 Å². The van der Waals surface area contributed by atoms with Gasteiger partial charge in [0.05, 0.1) is 0 Å². The Morgan fingerprint density at radius 3 is 2.71 bits per heavy atom. The molecule has 0 amide bonds. The largest absolute Gasteiger partial charge is 0.339 e. The molecular weight excluding hydrogens is 214 g/mol. The normalized spacial score (nSPS) is 30.9. The molecular formula is C13H21N3O. The number of hydrogen-bond donors (Lipinski definition) is 1. The summed E-state index contributed by atoms with van der Waals surface area (Å²) in [6.45, 7) is 4.45. The first-order chi connectivity index (χ1) is 8.34. The van der Waals surface area contributed by atoms with Gasteiger partial charge in [-0.25, -0.2) is 0 Å². The summed E-state index contributed by atoms with van der Waals surface area (Å²) in [5.41, 5.74) is 0. The van der Waals surface area contributed by atoms with E-state index in [0.717, 1.165) is 37.6 Å². The molecule has 1 N–H and O–H groups in total. The number of aromatic nitrogens is 2. The van der Waals surface area contributed by atoms with Gasteiger partial charge in [-0.3, -0.25) is 0 Å². The van der Waals surface area contributed by atoms with Crippen LogP contribution in [-0.4, -0.2) is 23.2 Å². The molecule has 1 saturated carbocycles. The molecule has 2 atom stereocenters. The van der Waals surface area contributed by atoms with Gasteiger partial charge in [0.1, 0.15) is 0 Å². The van der Waals surface area contributed by atoms with Gasteiger partial charge in [0.15, 0.2) is 5.82 Å². The Kier molecular flexibility index (Phi) is 3.14. The summed E-state index contributed by atoms with van der Waals surface area (Å²) in [5.74, 6) is 3.56. The van der Waals surface area contributed by atoms with Gasteiger partial charge in [0, 0.05) is 11.8 Å². The van der Waals surface area contributed by atoms with Crippen LogP contribution >= 0.6 is 0 Å². The van der Waals surface area contributed by atoms with Crippen LogP contribution in [0.25, 0.3) is 0 Å². The molecule has 17 heavy (non-hydrogen) atoms. The molecule has 0 spiro atoms. The van der Waals surface area contributed by atoms with Crippen LogP contribution in [0.15, 0.2) is 4.52 Å². The lowest BCUT2D eigenvalue weighted by Gasteiger charge is -2.19. The first-order valence-corrected chi connectivity index (χ1v) is 6.89. The lowest BCUT2D eigenvalue weighted by atomic mass is 9.96. The maximum absolute atomic E-state index is 5.49. The topological polar surface area (TPSA) is 51.0 Å². The smallest absolute Gasteiger partial charge is 0.230 e. The number of hydrogen-bond acceptors (Lipinski definition) is 4. The van der Waals surface area contributed by atoms with Crippen molar-refractivity contribution in [1.29, 1.82) is 0 Å². The molecule has 2 aliphatic rings. The Balaban J connectivity index is 1.73. The van der Waals surface area contributed by atoms with Crippen LogP contribution in [0, 0.1) is 5.92 Å². The molecule has 2 heterocycles. The zero-order valence-corrected chi connectivity index (χ0v) is 10.5. The molecule has 1 aliphatic carbocycles. The van der Waals surface area contributed by atoms with E-state index in [4.69, 9.17) is 4.52 Å². The molecule has 4 heteroatoms. The molecule has 1 aliphatic heterocycles. The Morgan fingerprint density at radius 2 is 2.00 bits per heavy atom. The minimum Gasteiger partial charge on any atom is -0.339 e. The number of rotatable bonds is 2. The fourth-order valence-electron chi connectivity index (χ4n) is 3.16. The molecule has 1 aromatic heterocycles. The predicted molar refractivity (Wildman–Crippen MR) is 64.9 cm³/mol. The first kappa shape index (κ1) is 11.2. The van der Waals surface area contributed by atoms with Crippen LogP contribution < -0.4 is 5.32 Å². The molecule has 0 aromatic carbocycles. The van der Waals surface area contributed by atoms with Gasteiger partial charge >= 0.3 is 0 Å². The Morgan fingerprint density at radius 1 is 1.18 bits per heavy atom. The SMILES string of the molecule is CC1CCCC1c1nc(C2CCNCC2)no1. The van der Waals surface area contributed by atoms with Crippen molar-refractivity contribution in [3.63, 3.8) is 0 Å². The van der Waals surface area contributed by atoms with Gasteiger partial charge in [-0.05, 0) is 44.7 Å². The first-order valence-electron chi connectivity index (χ1n) is 6.89. The quantitative estimate of drug-likeness (QED) is 0.855. The Hall–Kier alpha value is -0.900. The molecule has 1 aromatic rings. The Bertz CT molecular complexity index is 370. The second-order valence-corrected chi connectivity index (χ2v) is 5.53. The highest BCUT2D eigenvalue weighted by molar-refractivity contribution is 5.03. The van der Waals surface area contributed by atoms with Gasteiger partial charge in [-0.2, -0.15) is 4.98 Å². The van der Waals surface area contributed by atoms with Crippen molar-refractivity contribution in [2.24, 2.45) is 5.92 Å². The summed E-state index contributed by atoms with van der Waals surface area (Å²) in [7, 11) is 0. The molecule has 2 unspecified atom stereocenters. The van der Waals surface area contributed by atoms with Crippen LogP contribution in [-0.2, 0) is 0 Å². The van der Waals surface area contributed by atoms with E-state index in [1.54, 1.807) is 0 Å². The zero-order valence-electron chi connectivity index (χ0n) is 10.5. The van der Waals surface area contributed by atoms with E-state index in [9.17, 15) is 0 Å². The summed E-state index contributed by atoms with van der Waals surface area (Å²) < 4.78 is 5.49.